The molecule has 188 valence electrons. The van der Waals surface area contributed by atoms with Gasteiger partial charge < -0.3 is 19.1 Å². The van der Waals surface area contributed by atoms with Gasteiger partial charge in [0.1, 0.15) is 18.0 Å². The first-order chi connectivity index (χ1) is 16.7. The molecular weight excluding hydrogens is 444 g/mol. The number of methoxy groups -OCH3 is 1. The Labute approximate surface area is 207 Å². The number of carbonyl (C=O) groups is 2. The second-order valence-electron chi connectivity index (χ2n) is 10.7. The third kappa shape index (κ3) is 6.34. The fourth-order valence-electron chi connectivity index (χ4n) is 4.95. The van der Waals surface area contributed by atoms with Crippen LogP contribution >= 0.6 is 0 Å². The number of amides is 1. The number of ether oxygens (including phenoxy) is 3. The zero-order valence-corrected chi connectivity index (χ0v) is 21.2. The molecule has 7 nitrogen and oxygen atoms in total. The lowest BCUT2D eigenvalue weighted by Gasteiger charge is -2.27. The lowest BCUT2D eigenvalue weighted by atomic mass is 9.86. The predicted molar refractivity (Wildman–Crippen MR) is 133 cm³/mol. The van der Waals surface area contributed by atoms with Crippen molar-refractivity contribution in [1.29, 1.82) is 0 Å². The topological polar surface area (TPSA) is 68.3 Å². The molecule has 1 unspecified atom stereocenters. The second kappa shape index (κ2) is 10.3. The summed E-state index contributed by atoms with van der Waals surface area (Å²) >= 11 is 0. The fourth-order valence-corrected chi connectivity index (χ4v) is 4.95. The average molecular weight is 481 g/mol. The van der Waals surface area contributed by atoms with Crippen LogP contribution < -0.4 is 4.74 Å². The van der Waals surface area contributed by atoms with E-state index < -0.39 is 5.60 Å². The SMILES string of the molecule is COC(=O)c1ccc(COc2ccccc2CN2CCC3(CCN(C(=O)OC(C)(C)C)C3)C2)cc1. The number of carbonyl (C=O) groups excluding carboxylic acids is 2. The maximum atomic E-state index is 12.5. The first-order valence-corrected chi connectivity index (χ1v) is 12.2. The molecule has 1 atom stereocenters. The number of esters is 1. The van der Waals surface area contributed by atoms with Gasteiger partial charge in [0, 0.05) is 37.2 Å². The van der Waals surface area contributed by atoms with Crippen LogP contribution in [-0.2, 0) is 22.6 Å². The third-order valence-corrected chi connectivity index (χ3v) is 6.74. The molecule has 2 heterocycles. The summed E-state index contributed by atoms with van der Waals surface area (Å²) in [7, 11) is 1.38. The molecule has 7 heteroatoms. The monoisotopic (exact) mass is 480 g/mol. The van der Waals surface area contributed by atoms with E-state index in [9.17, 15) is 9.59 Å². The van der Waals surface area contributed by atoms with Crippen molar-refractivity contribution < 1.29 is 23.8 Å². The van der Waals surface area contributed by atoms with Crippen molar-refractivity contribution in [3.8, 4) is 5.75 Å². The summed E-state index contributed by atoms with van der Waals surface area (Å²) in [6.45, 7) is 10.5. The van der Waals surface area contributed by atoms with Gasteiger partial charge in [-0.15, -0.1) is 0 Å². The van der Waals surface area contributed by atoms with Crippen molar-refractivity contribution in [2.75, 3.05) is 33.3 Å². The van der Waals surface area contributed by atoms with Crippen LogP contribution in [0.4, 0.5) is 4.79 Å². The van der Waals surface area contributed by atoms with Gasteiger partial charge in [-0.3, -0.25) is 4.90 Å². The van der Waals surface area contributed by atoms with Crippen molar-refractivity contribution in [2.45, 2.75) is 52.4 Å². The molecule has 2 aliphatic heterocycles. The maximum Gasteiger partial charge on any atom is 0.410 e. The van der Waals surface area contributed by atoms with Crippen molar-refractivity contribution in [3.05, 3.63) is 65.2 Å². The first kappa shape index (κ1) is 25.0. The molecule has 1 spiro atoms. The molecule has 0 aliphatic carbocycles. The molecule has 0 N–H and O–H groups in total. The van der Waals surface area contributed by atoms with Gasteiger partial charge in [-0.25, -0.2) is 9.59 Å². The number of para-hydroxylation sites is 1. The summed E-state index contributed by atoms with van der Waals surface area (Å²) in [6.07, 6.45) is 1.90. The molecule has 35 heavy (non-hydrogen) atoms. The molecule has 0 bridgehead atoms. The molecule has 0 saturated carbocycles. The van der Waals surface area contributed by atoms with Crippen LogP contribution in [0.5, 0.6) is 5.75 Å². The highest BCUT2D eigenvalue weighted by atomic mass is 16.6. The lowest BCUT2D eigenvalue weighted by Crippen LogP contribution is -2.37. The predicted octanol–water partition coefficient (Wildman–Crippen LogP) is 4.89. The molecule has 0 aromatic heterocycles. The van der Waals surface area contributed by atoms with Crippen LogP contribution in [0.3, 0.4) is 0 Å². The number of nitrogens with zero attached hydrogens (tertiary/aromatic N) is 2. The number of likely N-dealkylation sites (tertiary alicyclic amines) is 2. The van der Waals surface area contributed by atoms with Crippen LogP contribution in [0.1, 0.15) is 55.1 Å². The lowest BCUT2D eigenvalue weighted by molar-refractivity contribution is 0.0273. The minimum absolute atomic E-state index is 0.147. The van der Waals surface area contributed by atoms with E-state index >= 15 is 0 Å². The molecular formula is C28H36N2O5. The zero-order chi connectivity index (χ0) is 25.1. The van der Waals surface area contributed by atoms with Crippen molar-refractivity contribution in [1.82, 2.24) is 9.80 Å². The number of benzene rings is 2. The van der Waals surface area contributed by atoms with E-state index in [1.165, 1.54) is 7.11 Å². The van der Waals surface area contributed by atoms with Crippen molar-refractivity contribution >= 4 is 12.1 Å². The Bertz CT molecular complexity index is 1050. The fraction of sp³-hybridized carbons (Fsp3) is 0.500. The Morgan fingerprint density at radius 2 is 1.69 bits per heavy atom. The Morgan fingerprint density at radius 3 is 2.40 bits per heavy atom. The van der Waals surface area contributed by atoms with E-state index in [1.807, 2.05) is 56.0 Å². The molecule has 1 amide bonds. The van der Waals surface area contributed by atoms with Crippen LogP contribution in [0.2, 0.25) is 0 Å². The van der Waals surface area contributed by atoms with Gasteiger partial charge in [-0.05, 0) is 63.9 Å². The average Bonchev–Trinajstić information content (AvgIpc) is 3.43. The van der Waals surface area contributed by atoms with Crippen molar-refractivity contribution in [2.24, 2.45) is 5.41 Å². The van der Waals surface area contributed by atoms with E-state index in [1.54, 1.807) is 12.1 Å². The normalized spacial score (nSPS) is 20.3. The summed E-state index contributed by atoms with van der Waals surface area (Å²) < 4.78 is 16.5. The van der Waals surface area contributed by atoms with Crippen LogP contribution in [0, 0.1) is 5.41 Å². The van der Waals surface area contributed by atoms with Crippen LogP contribution in [0.15, 0.2) is 48.5 Å². The van der Waals surface area contributed by atoms with E-state index in [2.05, 4.69) is 11.0 Å². The zero-order valence-electron chi connectivity index (χ0n) is 21.2. The van der Waals surface area contributed by atoms with E-state index in [0.29, 0.717) is 12.2 Å². The maximum absolute atomic E-state index is 12.5. The van der Waals surface area contributed by atoms with Gasteiger partial charge in [0.25, 0.3) is 0 Å². The van der Waals surface area contributed by atoms with E-state index in [4.69, 9.17) is 14.2 Å². The highest BCUT2D eigenvalue weighted by Crippen LogP contribution is 2.40. The Hall–Kier alpha value is -3.06. The van der Waals surface area contributed by atoms with Gasteiger partial charge in [0.2, 0.25) is 0 Å². The minimum Gasteiger partial charge on any atom is -0.489 e. The Kier molecular flexibility index (Phi) is 7.36. The van der Waals surface area contributed by atoms with Gasteiger partial charge in [-0.2, -0.15) is 0 Å². The quantitative estimate of drug-likeness (QED) is 0.549. The Morgan fingerprint density at radius 1 is 0.971 bits per heavy atom. The summed E-state index contributed by atoms with van der Waals surface area (Å²) in [5.74, 6) is 0.523. The summed E-state index contributed by atoms with van der Waals surface area (Å²) in [5.41, 5.74) is 2.34. The van der Waals surface area contributed by atoms with Gasteiger partial charge in [0.15, 0.2) is 0 Å². The molecule has 0 radical (unpaired) electrons. The molecule has 2 aromatic rings. The first-order valence-electron chi connectivity index (χ1n) is 12.2. The minimum atomic E-state index is -0.471. The number of rotatable bonds is 6. The molecule has 2 fully saturated rings. The second-order valence-corrected chi connectivity index (χ2v) is 10.7. The van der Waals surface area contributed by atoms with Crippen LogP contribution in [0.25, 0.3) is 0 Å². The summed E-state index contributed by atoms with van der Waals surface area (Å²) in [6, 6.07) is 15.4. The van der Waals surface area contributed by atoms with Gasteiger partial charge in [-0.1, -0.05) is 30.3 Å². The molecule has 2 aliphatic rings. The highest BCUT2D eigenvalue weighted by Gasteiger charge is 2.45. The van der Waals surface area contributed by atoms with Crippen molar-refractivity contribution in [3.63, 3.8) is 0 Å². The van der Waals surface area contributed by atoms with E-state index in [-0.39, 0.29) is 17.5 Å². The molecule has 2 saturated heterocycles. The largest absolute Gasteiger partial charge is 0.489 e. The summed E-state index contributed by atoms with van der Waals surface area (Å²) in [5, 5.41) is 0. The van der Waals surface area contributed by atoms with Crippen LogP contribution in [-0.4, -0.2) is 60.8 Å². The molecule has 4 rings (SSSR count). The Balaban J connectivity index is 1.33. The molecule has 2 aromatic carbocycles. The third-order valence-electron chi connectivity index (χ3n) is 6.74. The van der Waals surface area contributed by atoms with Gasteiger partial charge >= 0.3 is 12.1 Å². The van der Waals surface area contributed by atoms with E-state index in [0.717, 1.165) is 62.4 Å². The van der Waals surface area contributed by atoms with Gasteiger partial charge in [0.05, 0.1) is 12.7 Å². The number of hydrogen-bond acceptors (Lipinski definition) is 6. The smallest absolute Gasteiger partial charge is 0.410 e. The standard InChI is InChI=1S/C28H36N2O5/c1-27(2,3)35-26(32)30-16-14-28(20-30)13-15-29(19-28)17-23-7-5-6-8-24(23)34-18-21-9-11-22(12-10-21)25(31)33-4/h5-12H,13-20H2,1-4H3. The number of hydrogen-bond donors (Lipinski definition) is 0. The summed E-state index contributed by atoms with van der Waals surface area (Å²) in [4.78, 5) is 28.5. The highest BCUT2D eigenvalue weighted by molar-refractivity contribution is 5.89.